The summed E-state index contributed by atoms with van der Waals surface area (Å²) in [5.74, 6) is 0. The number of ether oxygens (including phenoxy) is 1. The first-order chi connectivity index (χ1) is 7.70. The van der Waals surface area contributed by atoms with Crippen molar-refractivity contribution in [3.63, 3.8) is 0 Å². The molecule has 1 aromatic rings. The molecular formula is C11H19N3OS. The second kappa shape index (κ2) is 5.12. The summed E-state index contributed by atoms with van der Waals surface area (Å²) in [7, 11) is 0. The highest BCUT2D eigenvalue weighted by molar-refractivity contribution is 7.71. The summed E-state index contributed by atoms with van der Waals surface area (Å²) in [5, 5.41) is 0. The van der Waals surface area contributed by atoms with Crippen LogP contribution in [0.3, 0.4) is 0 Å². The lowest BCUT2D eigenvalue weighted by atomic mass is 10.2. The number of aromatic amines is 1. The number of aromatic nitrogens is 2. The van der Waals surface area contributed by atoms with E-state index in [0.29, 0.717) is 0 Å². The molecule has 1 unspecified atom stereocenters. The Balaban J connectivity index is 2.02. The number of H-pyrrole nitrogens is 1. The molecule has 16 heavy (non-hydrogen) atoms. The molecule has 2 rings (SSSR count). The average Bonchev–Trinajstić information content (AvgIpc) is 2.61. The van der Waals surface area contributed by atoms with E-state index in [-0.39, 0.29) is 6.10 Å². The molecule has 1 aliphatic heterocycles. The molecule has 0 spiro atoms. The van der Waals surface area contributed by atoms with Gasteiger partial charge in [-0.3, -0.25) is 4.90 Å². The molecule has 0 aromatic carbocycles. The predicted octanol–water partition coefficient (Wildman–Crippen LogP) is 1.57. The second-order valence-electron chi connectivity index (χ2n) is 4.23. The van der Waals surface area contributed by atoms with Crippen LogP contribution in [0.4, 0.5) is 0 Å². The topological polar surface area (TPSA) is 33.2 Å². The highest BCUT2D eigenvalue weighted by Crippen LogP contribution is 2.09. The number of likely N-dealkylation sites (N-methyl/N-ethyl adjacent to an activating group) is 1. The number of imidazole rings is 1. The van der Waals surface area contributed by atoms with E-state index in [1.165, 1.54) is 5.69 Å². The quantitative estimate of drug-likeness (QED) is 0.816. The Bertz CT molecular complexity index is 398. The van der Waals surface area contributed by atoms with Crippen LogP contribution in [-0.4, -0.2) is 46.8 Å². The number of nitrogens with one attached hydrogen (secondary N) is 1. The van der Waals surface area contributed by atoms with Gasteiger partial charge in [-0.2, -0.15) is 0 Å². The number of aryl methyl sites for hydroxylation is 1. The molecule has 4 nitrogen and oxygen atoms in total. The van der Waals surface area contributed by atoms with Gasteiger partial charge in [-0.25, -0.2) is 0 Å². The maximum absolute atomic E-state index is 5.77. The van der Waals surface area contributed by atoms with Crippen LogP contribution in [0.2, 0.25) is 0 Å². The Morgan fingerprint density at radius 2 is 2.44 bits per heavy atom. The lowest BCUT2D eigenvalue weighted by Crippen LogP contribution is -2.44. The number of nitrogens with zero attached hydrogens (tertiary/aromatic N) is 2. The van der Waals surface area contributed by atoms with Gasteiger partial charge in [-0.15, -0.1) is 0 Å². The molecular weight excluding hydrogens is 222 g/mol. The molecule has 1 aliphatic rings. The molecule has 0 bridgehead atoms. The minimum absolute atomic E-state index is 0.259. The van der Waals surface area contributed by atoms with Crippen molar-refractivity contribution in [1.29, 1.82) is 0 Å². The Kier molecular flexibility index (Phi) is 3.78. The van der Waals surface area contributed by atoms with Gasteiger partial charge in [0.15, 0.2) is 4.77 Å². The molecule has 1 N–H and O–H groups in total. The summed E-state index contributed by atoms with van der Waals surface area (Å²) in [6.45, 7) is 9.08. The highest BCUT2D eigenvalue weighted by Gasteiger charge is 2.20. The zero-order valence-corrected chi connectivity index (χ0v) is 10.7. The number of morpholine rings is 1. The third-order valence-corrected chi connectivity index (χ3v) is 3.47. The van der Waals surface area contributed by atoms with Gasteiger partial charge in [0.25, 0.3) is 0 Å². The van der Waals surface area contributed by atoms with Gasteiger partial charge < -0.3 is 14.3 Å². The summed E-state index contributed by atoms with van der Waals surface area (Å²) in [4.78, 5) is 5.48. The van der Waals surface area contributed by atoms with Crippen molar-refractivity contribution < 1.29 is 4.74 Å². The van der Waals surface area contributed by atoms with E-state index in [4.69, 9.17) is 17.0 Å². The standard InChI is InChI=1S/C11H19N3OS/c1-3-13-4-5-15-10(7-13)8-14-9(2)6-12-11(14)16/h6,10H,3-5,7-8H2,1-2H3,(H,12,16). The third-order valence-electron chi connectivity index (χ3n) is 3.13. The molecule has 0 saturated carbocycles. The van der Waals surface area contributed by atoms with Crippen molar-refractivity contribution in [3.05, 3.63) is 16.7 Å². The molecule has 0 radical (unpaired) electrons. The van der Waals surface area contributed by atoms with Crippen molar-refractivity contribution >= 4 is 12.2 Å². The Labute approximate surface area is 101 Å². The van der Waals surface area contributed by atoms with Gasteiger partial charge in [0, 0.05) is 25.0 Å². The molecule has 1 saturated heterocycles. The number of hydrogen-bond donors (Lipinski definition) is 1. The lowest BCUT2D eigenvalue weighted by molar-refractivity contribution is -0.0346. The fourth-order valence-electron chi connectivity index (χ4n) is 2.09. The molecule has 2 heterocycles. The summed E-state index contributed by atoms with van der Waals surface area (Å²) in [6, 6.07) is 0. The van der Waals surface area contributed by atoms with E-state index < -0.39 is 0 Å². The minimum atomic E-state index is 0.259. The first kappa shape index (κ1) is 11.8. The van der Waals surface area contributed by atoms with Crippen molar-refractivity contribution in [2.24, 2.45) is 0 Å². The van der Waals surface area contributed by atoms with Crippen LogP contribution in [-0.2, 0) is 11.3 Å². The van der Waals surface area contributed by atoms with Crippen molar-refractivity contribution in [2.45, 2.75) is 26.5 Å². The molecule has 0 aliphatic carbocycles. The van der Waals surface area contributed by atoms with Crippen LogP contribution >= 0.6 is 12.2 Å². The van der Waals surface area contributed by atoms with Gasteiger partial charge in [0.05, 0.1) is 19.3 Å². The Morgan fingerprint density at radius 3 is 3.06 bits per heavy atom. The third kappa shape index (κ3) is 2.53. The van der Waals surface area contributed by atoms with Gasteiger partial charge in [0.2, 0.25) is 0 Å². The number of hydrogen-bond acceptors (Lipinski definition) is 3. The molecule has 5 heteroatoms. The van der Waals surface area contributed by atoms with Gasteiger partial charge in [-0.05, 0) is 25.7 Å². The van der Waals surface area contributed by atoms with Crippen LogP contribution in [0, 0.1) is 11.7 Å². The van der Waals surface area contributed by atoms with Gasteiger partial charge in [-0.1, -0.05) is 6.92 Å². The second-order valence-corrected chi connectivity index (χ2v) is 4.62. The van der Waals surface area contributed by atoms with Gasteiger partial charge in [0.1, 0.15) is 0 Å². The number of rotatable bonds is 3. The van der Waals surface area contributed by atoms with Gasteiger partial charge >= 0.3 is 0 Å². The fraction of sp³-hybridized carbons (Fsp3) is 0.727. The van der Waals surface area contributed by atoms with Crippen molar-refractivity contribution in [2.75, 3.05) is 26.2 Å². The van der Waals surface area contributed by atoms with E-state index in [2.05, 4.69) is 28.3 Å². The van der Waals surface area contributed by atoms with E-state index in [1.807, 2.05) is 6.20 Å². The zero-order valence-electron chi connectivity index (χ0n) is 9.90. The average molecular weight is 241 g/mol. The molecule has 1 atom stereocenters. The predicted molar refractivity (Wildman–Crippen MR) is 66.2 cm³/mol. The summed E-state index contributed by atoms with van der Waals surface area (Å²) in [5.41, 5.74) is 1.17. The SMILES string of the molecule is CCN1CCOC(Cn2c(C)c[nH]c2=S)C1. The monoisotopic (exact) mass is 241 g/mol. The van der Waals surface area contributed by atoms with Crippen molar-refractivity contribution in [1.82, 2.24) is 14.5 Å². The minimum Gasteiger partial charge on any atom is -0.374 e. The first-order valence-electron chi connectivity index (χ1n) is 5.79. The molecule has 1 fully saturated rings. The summed E-state index contributed by atoms with van der Waals surface area (Å²) in [6.07, 6.45) is 2.21. The summed E-state index contributed by atoms with van der Waals surface area (Å²) < 4.78 is 8.67. The largest absolute Gasteiger partial charge is 0.374 e. The summed E-state index contributed by atoms with van der Waals surface area (Å²) >= 11 is 5.24. The molecule has 0 amide bonds. The van der Waals surface area contributed by atoms with Crippen LogP contribution in [0.15, 0.2) is 6.20 Å². The van der Waals surface area contributed by atoms with Crippen LogP contribution in [0.5, 0.6) is 0 Å². The molecule has 90 valence electrons. The van der Waals surface area contributed by atoms with E-state index in [9.17, 15) is 0 Å². The van der Waals surface area contributed by atoms with Crippen molar-refractivity contribution in [3.8, 4) is 0 Å². The fourth-order valence-corrected chi connectivity index (χ4v) is 2.37. The zero-order chi connectivity index (χ0) is 11.5. The van der Waals surface area contributed by atoms with E-state index in [0.717, 1.165) is 37.6 Å². The Hall–Kier alpha value is -0.650. The Morgan fingerprint density at radius 1 is 1.62 bits per heavy atom. The maximum Gasteiger partial charge on any atom is 0.177 e. The smallest absolute Gasteiger partial charge is 0.177 e. The highest BCUT2D eigenvalue weighted by atomic mass is 32.1. The van der Waals surface area contributed by atoms with E-state index >= 15 is 0 Å². The first-order valence-corrected chi connectivity index (χ1v) is 6.20. The lowest BCUT2D eigenvalue weighted by Gasteiger charge is -2.32. The normalized spacial score (nSPS) is 22.5. The molecule has 1 aromatic heterocycles. The van der Waals surface area contributed by atoms with Crippen LogP contribution in [0.1, 0.15) is 12.6 Å². The maximum atomic E-state index is 5.77. The van der Waals surface area contributed by atoms with Crippen LogP contribution in [0.25, 0.3) is 0 Å². The van der Waals surface area contributed by atoms with E-state index in [1.54, 1.807) is 0 Å². The van der Waals surface area contributed by atoms with Crippen LogP contribution < -0.4 is 0 Å².